The van der Waals surface area contributed by atoms with Crippen molar-refractivity contribution in [2.75, 3.05) is 5.32 Å². The quantitative estimate of drug-likeness (QED) is 0.373. The van der Waals surface area contributed by atoms with E-state index < -0.39 is 33.4 Å². The second-order valence-electron chi connectivity index (χ2n) is 5.53. The first-order chi connectivity index (χ1) is 13.3. The molecule has 3 aromatic rings. The highest BCUT2D eigenvalue weighted by Gasteiger charge is 2.21. The monoisotopic (exact) mass is 406 g/mol. The summed E-state index contributed by atoms with van der Waals surface area (Å²) in [5, 5.41) is 20.1. The fourth-order valence-electron chi connectivity index (χ4n) is 2.18. The Labute approximate surface area is 161 Å². The molecular weight excluding hydrogens is 394 g/mol. The van der Waals surface area contributed by atoms with Crippen LogP contribution in [-0.4, -0.2) is 26.3 Å². The van der Waals surface area contributed by atoms with Crippen LogP contribution in [0.5, 0.6) is 0 Å². The molecule has 1 heterocycles. The van der Waals surface area contributed by atoms with Crippen LogP contribution in [-0.2, 0) is 4.79 Å². The van der Waals surface area contributed by atoms with Crippen LogP contribution in [0.25, 0.3) is 11.5 Å². The fraction of sp³-hybridized carbons (Fsp3) is 0.118. The molecule has 0 saturated heterocycles. The van der Waals surface area contributed by atoms with Crippen LogP contribution in [0.3, 0.4) is 0 Å². The first-order valence-corrected chi connectivity index (χ1v) is 8.73. The molecule has 2 aromatic carbocycles. The van der Waals surface area contributed by atoms with E-state index in [0.29, 0.717) is 0 Å². The second-order valence-corrected chi connectivity index (χ2v) is 6.82. The summed E-state index contributed by atoms with van der Waals surface area (Å²) in [5.74, 6) is -2.07. The van der Waals surface area contributed by atoms with Crippen molar-refractivity contribution in [3.8, 4) is 11.5 Å². The number of hydrogen-bond acceptors (Lipinski definition) is 7. The summed E-state index contributed by atoms with van der Waals surface area (Å²) in [4.78, 5) is 22.2. The lowest BCUT2D eigenvalue weighted by molar-refractivity contribution is -0.387. The van der Waals surface area contributed by atoms with Crippen LogP contribution in [0, 0.1) is 21.7 Å². The Bertz CT molecular complexity index is 1040. The first kappa shape index (κ1) is 19.4. The van der Waals surface area contributed by atoms with Gasteiger partial charge in [-0.05, 0) is 31.2 Å². The minimum atomic E-state index is -1.00. The molecule has 0 aliphatic rings. The Morgan fingerprint density at radius 1 is 1.21 bits per heavy atom. The van der Waals surface area contributed by atoms with Crippen LogP contribution in [0.2, 0.25) is 0 Å². The van der Waals surface area contributed by atoms with E-state index >= 15 is 0 Å². The van der Waals surface area contributed by atoms with E-state index in [0.717, 1.165) is 23.9 Å². The number of nitrogens with zero attached hydrogens (tertiary/aromatic N) is 3. The SMILES string of the molecule is C[C@H](Sc1nnc(-c2ccccc2F)o1)C(=O)Nc1ccc(F)c([N+](=O)[O-])c1. The van der Waals surface area contributed by atoms with E-state index in [1.54, 1.807) is 13.0 Å². The number of nitro benzene ring substituents is 1. The van der Waals surface area contributed by atoms with Crippen LogP contribution in [0.4, 0.5) is 20.2 Å². The van der Waals surface area contributed by atoms with E-state index in [9.17, 15) is 23.7 Å². The van der Waals surface area contributed by atoms with E-state index in [2.05, 4.69) is 15.5 Å². The van der Waals surface area contributed by atoms with Crippen molar-refractivity contribution in [1.82, 2.24) is 10.2 Å². The molecule has 0 radical (unpaired) electrons. The zero-order valence-electron chi connectivity index (χ0n) is 14.3. The lowest BCUT2D eigenvalue weighted by Crippen LogP contribution is -2.22. The Morgan fingerprint density at radius 3 is 2.68 bits per heavy atom. The van der Waals surface area contributed by atoms with E-state index in [-0.39, 0.29) is 22.4 Å². The lowest BCUT2D eigenvalue weighted by Gasteiger charge is -2.09. The fourth-order valence-corrected chi connectivity index (χ4v) is 2.86. The molecule has 0 aliphatic carbocycles. The van der Waals surface area contributed by atoms with Crippen molar-refractivity contribution in [1.29, 1.82) is 0 Å². The molecule has 28 heavy (non-hydrogen) atoms. The van der Waals surface area contributed by atoms with Crippen molar-refractivity contribution >= 4 is 29.0 Å². The lowest BCUT2D eigenvalue weighted by atomic mass is 10.2. The summed E-state index contributed by atoms with van der Waals surface area (Å²) in [7, 11) is 0. The van der Waals surface area contributed by atoms with E-state index in [1.165, 1.54) is 24.3 Å². The van der Waals surface area contributed by atoms with Crippen LogP contribution in [0.1, 0.15) is 6.92 Å². The van der Waals surface area contributed by atoms with Gasteiger partial charge in [0.05, 0.1) is 15.7 Å². The number of nitro groups is 1. The van der Waals surface area contributed by atoms with Gasteiger partial charge in [-0.2, -0.15) is 4.39 Å². The number of thioether (sulfide) groups is 1. The Balaban J connectivity index is 1.68. The number of aromatic nitrogens is 2. The Morgan fingerprint density at radius 2 is 1.96 bits per heavy atom. The summed E-state index contributed by atoms with van der Waals surface area (Å²) < 4.78 is 32.5. The number of nitrogens with one attached hydrogen (secondary N) is 1. The van der Waals surface area contributed by atoms with Crippen LogP contribution < -0.4 is 5.32 Å². The smallest absolute Gasteiger partial charge is 0.306 e. The standard InChI is InChI=1S/C17H12F2N4O4S/c1-9(15(24)20-10-6-7-13(19)14(8-10)23(25)26)28-17-22-21-16(27-17)11-4-2-3-5-12(11)18/h2-9H,1H3,(H,20,24)/t9-/m0/s1. The molecule has 3 rings (SSSR count). The summed E-state index contributed by atoms with van der Waals surface area (Å²) in [6.07, 6.45) is 0. The molecule has 144 valence electrons. The van der Waals surface area contributed by atoms with Gasteiger partial charge in [-0.25, -0.2) is 4.39 Å². The molecule has 1 aromatic heterocycles. The Kier molecular flexibility index (Phi) is 5.64. The normalized spacial score (nSPS) is 11.8. The summed E-state index contributed by atoms with van der Waals surface area (Å²) in [6.45, 7) is 1.55. The highest BCUT2D eigenvalue weighted by atomic mass is 32.2. The molecule has 8 nitrogen and oxygen atoms in total. The van der Waals surface area contributed by atoms with Gasteiger partial charge in [0.15, 0.2) is 0 Å². The zero-order valence-corrected chi connectivity index (χ0v) is 15.1. The van der Waals surface area contributed by atoms with Crippen LogP contribution in [0.15, 0.2) is 52.1 Å². The zero-order chi connectivity index (χ0) is 20.3. The van der Waals surface area contributed by atoms with Gasteiger partial charge < -0.3 is 9.73 Å². The number of amides is 1. The molecule has 0 fully saturated rings. The predicted molar refractivity (Wildman–Crippen MR) is 96.7 cm³/mol. The molecule has 1 N–H and O–H groups in total. The van der Waals surface area contributed by atoms with Crippen molar-refractivity contribution in [3.05, 3.63) is 64.2 Å². The third-order valence-electron chi connectivity index (χ3n) is 3.57. The number of rotatable bonds is 6. The average Bonchev–Trinajstić information content (AvgIpc) is 3.11. The van der Waals surface area contributed by atoms with E-state index in [1.807, 2.05) is 0 Å². The average molecular weight is 406 g/mol. The van der Waals surface area contributed by atoms with Crippen LogP contribution >= 0.6 is 11.8 Å². The third kappa shape index (κ3) is 4.31. The Hall–Kier alpha value is -3.34. The van der Waals surface area contributed by atoms with Gasteiger partial charge in [0, 0.05) is 11.8 Å². The second kappa shape index (κ2) is 8.13. The molecule has 1 atom stereocenters. The molecule has 0 bridgehead atoms. The number of benzene rings is 2. The van der Waals surface area contributed by atoms with Gasteiger partial charge in [0.25, 0.3) is 11.1 Å². The highest BCUT2D eigenvalue weighted by molar-refractivity contribution is 8.00. The third-order valence-corrected chi connectivity index (χ3v) is 4.50. The van der Waals surface area contributed by atoms with Gasteiger partial charge >= 0.3 is 5.69 Å². The number of carbonyl (C=O) groups excluding carboxylic acids is 1. The molecular formula is C17H12F2N4O4S. The van der Waals surface area contributed by atoms with Crippen molar-refractivity contribution in [2.24, 2.45) is 0 Å². The number of hydrogen-bond donors (Lipinski definition) is 1. The number of carbonyl (C=O) groups is 1. The minimum Gasteiger partial charge on any atom is -0.411 e. The highest BCUT2D eigenvalue weighted by Crippen LogP contribution is 2.28. The van der Waals surface area contributed by atoms with Crippen molar-refractivity contribution < 1.29 is 22.9 Å². The first-order valence-electron chi connectivity index (χ1n) is 7.85. The van der Waals surface area contributed by atoms with Gasteiger partial charge in [0.2, 0.25) is 11.7 Å². The predicted octanol–water partition coefficient (Wildman–Crippen LogP) is 4.04. The topological polar surface area (TPSA) is 111 Å². The largest absolute Gasteiger partial charge is 0.411 e. The molecule has 1 amide bonds. The van der Waals surface area contributed by atoms with Gasteiger partial charge in [0.1, 0.15) is 5.82 Å². The van der Waals surface area contributed by atoms with Crippen molar-refractivity contribution in [2.45, 2.75) is 17.4 Å². The summed E-state index contributed by atoms with van der Waals surface area (Å²) in [5.41, 5.74) is -0.537. The maximum Gasteiger partial charge on any atom is 0.306 e. The molecule has 0 unspecified atom stereocenters. The van der Waals surface area contributed by atoms with Gasteiger partial charge in [-0.15, -0.1) is 10.2 Å². The number of halogens is 2. The molecule has 0 saturated carbocycles. The maximum atomic E-state index is 13.8. The summed E-state index contributed by atoms with van der Waals surface area (Å²) >= 11 is 0.923. The van der Waals surface area contributed by atoms with E-state index in [4.69, 9.17) is 4.42 Å². The molecule has 11 heteroatoms. The van der Waals surface area contributed by atoms with Crippen molar-refractivity contribution in [3.63, 3.8) is 0 Å². The summed E-state index contributed by atoms with van der Waals surface area (Å²) in [6, 6.07) is 8.90. The van der Waals surface area contributed by atoms with Gasteiger partial charge in [-0.1, -0.05) is 23.9 Å². The maximum absolute atomic E-state index is 13.8. The minimum absolute atomic E-state index is 0.0256. The molecule has 0 aliphatic heterocycles. The molecule has 0 spiro atoms. The number of anilines is 1. The van der Waals surface area contributed by atoms with Gasteiger partial charge in [-0.3, -0.25) is 14.9 Å².